The Bertz CT molecular complexity index is 5300. The molecule has 0 bridgehead atoms. The van der Waals surface area contributed by atoms with Gasteiger partial charge in [-0.25, -0.2) is 0 Å². The minimum atomic E-state index is -0.0260. The number of hydrogen-bond acceptors (Lipinski definition) is 7. The number of fused-ring (bicyclic) bond motifs is 6. The van der Waals surface area contributed by atoms with Crippen molar-refractivity contribution in [2.75, 3.05) is 38.4 Å². The standard InChI is InChI=1S/C73H94O4.C53H58O2.C10H19BrO/c1-5-9-11-13-19-25-51-73(52-26-20-14-12-10-6-2)71-57-65(63-35-31-59(32-36-63)61-39-45-67(46-40-61)76-55-29-23-17-15-21-27-53-74-7-3)43-49-69(71)70-50-44-66(58-72(70)73)64-37-33-60(34-38-64)62-41-47-68(48-42-62)77-56-30-24-18-16-22-28-54-75-8-4;1-3-5-7-9-11-13-35-53(36-14-12-10-8-6-4-2)51-37-45(43-19-15-39(16-20-43)41-23-29-47(54)30-24-41)27-33-49(51)50-34-28-46(38-52(50)53)44-21-17-40(18-22-44)42-25-31-48(55)32-26-42;1-2-12-10-8-6-4-3-5-7-9-11/h7-8,31-50,57-58H,3-6,9-30,51-56H2,1-2H3;15-34,37-38,54-55H,3-14,35-36H2,1-2H3;2H,1,3-10H2. The van der Waals surface area contributed by atoms with Gasteiger partial charge in [0.25, 0.3) is 0 Å². The average molecular weight is 2000 g/mol. The molecule has 0 amide bonds. The van der Waals surface area contributed by atoms with Crippen LogP contribution >= 0.6 is 15.9 Å². The predicted octanol–water partition coefficient (Wildman–Crippen LogP) is 41.3. The Balaban J connectivity index is 0.000000239. The highest BCUT2D eigenvalue weighted by Gasteiger charge is 2.45. The van der Waals surface area contributed by atoms with Crippen LogP contribution in [0.4, 0.5) is 0 Å². The second kappa shape index (κ2) is 63.4. The highest BCUT2D eigenvalue weighted by molar-refractivity contribution is 9.09. The molecule has 0 unspecified atom stereocenters. The Labute approximate surface area is 877 Å². The molecule has 0 radical (unpaired) electrons. The van der Waals surface area contributed by atoms with Crippen molar-refractivity contribution in [1.29, 1.82) is 0 Å². The number of unbranched alkanes of at least 4 members (excludes halogenated alkanes) is 35. The molecule has 0 spiro atoms. The molecule has 12 aromatic carbocycles. The van der Waals surface area contributed by atoms with Crippen molar-refractivity contribution >= 4 is 15.9 Å². The van der Waals surface area contributed by atoms with E-state index in [9.17, 15) is 10.2 Å². The summed E-state index contributed by atoms with van der Waals surface area (Å²) in [5.74, 6) is 2.47. The van der Waals surface area contributed by atoms with Crippen molar-refractivity contribution in [3.63, 3.8) is 0 Å². The minimum Gasteiger partial charge on any atom is -0.508 e. The van der Waals surface area contributed by atoms with Gasteiger partial charge in [-0.15, -0.1) is 0 Å². The van der Waals surface area contributed by atoms with Gasteiger partial charge in [-0.1, -0.05) is 489 Å². The Morgan fingerprint density at radius 1 is 0.208 bits per heavy atom. The molecular formula is C136H171BrO7. The number of hydrogen-bond donors (Lipinski definition) is 2. The summed E-state index contributed by atoms with van der Waals surface area (Å²) in [7, 11) is 0. The van der Waals surface area contributed by atoms with Gasteiger partial charge in [0.05, 0.1) is 51.8 Å². The lowest BCUT2D eigenvalue weighted by atomic mass is 9.70. The molecule has 2 aliphatic rings. The Kier molecular flexibility index (Phi) is 49.2. The molecule has 0 fully saturated rings. The van der Waals surface area contributed by atoms with E-state index in [0.717, 1.165) is 97.8 Å². The quantitative estimate of drug-likeness (QED) is 0.0223. The maximum absolute atomic E-state index is 9.81. The van der Waals surface area contributed by atoms with Gasteiger partial charge in [-0.2, -0.15) is 0 Å². The normalized spacial score (nSPS) is 12.2. The van der Waals surface area contributed by atoms with Crippen molar-refractivity contribution in [2.45, 2.75) is 334 Å². The fourth-order valence-electron chi connectivity index (χ4n) is 21.7. The van der Waals surface area contributed by atoms with E-state index in [0.29, 0.717) is 11.5 Å². The molecule has 0 aliphatic heterocycles. The second-order valence-electron chi connectivity index (χ2n) is 40.6. The van der Waals surface area contributed by atoms with Crippen LogP contribution < -0.4 is 9.47 Å². The van der Waals surface area contributed by atoms with Gasteiger partial charge in [0.2, 0.25) is 0 Å². The van der Waals surface area contributed by atoms with E-state index in [-0.39, 0.29) is 10.8 Å². The summed E-state index contributed by atoms with van der Waals surface area (Å²) < 4.78 is 27.8. The number of aromatic hydroxyl groups is 2. The van der Waals surface area contributed by atoms with Crippen LogP contribution in [0, 0.1) is 0 Å². The van der Waals surface area contributed by atoms with Gasteiger partial charge in [0, 0.05) is 16.2 Å². The molecule has 8 heteroatoms. The lowest BCUT2D eigenvalue weighted by molar-refractivity contribution is 0.241. The SMILES string of the molecule is C=COCCCCCCCCBr.C=COCCCCCCCCOc1ccc(-c2ccc(-c3ccc4c(c3)C(CCCCCCCC)(CCCCCCCC)c3cc(-c5ccc(-c6ccc(OCCCCCCCCOC=C)cc6)cc5)ccc3-4)cc2)cc1.CCCCCCCCC1(CCCCCCCC)c2cc(-c3ccc(-c4ccc(O)cc4)cc3)ccc2-c2ccc(-c3ccc(-c4ccc(O)cc4)cc3)cc21. The number of rotatable bonds is 67. The lowest BCUT2D eigenvalue weighted by Gasteiger charge is -2.33. The Morgan fingerprint density at radius 2 is 0.382 bits per heavy atom. The summed E-state index contributed by atoms with van der Waals surface area (Å²) in [5, 5.41) is 20.8. The lowest BCUT2D eigenvalue weighted by Crippen LogP contribution is -2.25. The minimum absolute atomic E-state index is 0.0236. The third-order valence-electron chi connectivity index (χ3n) is 30.0. The van der Waals surface area contributed by atoms with Crippen LogP contribution in [0.1, 0.15) is 345 Å². The molecule has 144 heavy (non-hydrogen) atoms. The molecule has 0 heterocycles. The monoisotopic (exact) mass is 2000 g/mol. The van der Waals surface area contributed by atoms with Gasteiger partial charge in [0.15, 0.2) is 0 Å². The van der Waals surface area contributed by atoms with Crippen LogP contribution in [0.3, 0.4) is 0 Å². The van der Waals surface area contributed by atoms with Gasteiger partial charge in [0.1, 0.15) is 23.0 Å². The number of benzene rings is 12. The predicted molar refractivity (Wildman–Crippen MR) is 620 cm³/mol. The van der Waals surface area contributed by atoms with E-state index in [1.54, 1.807) is 35.4 Å². The molecule has 7 nitrogen and oxygen atoms in total. The van der Waals surface area contributed by atoms with Gasteiger partial charge in [-0.05, 0) is 271 Å². The number of ether oxygens (including phenoxy) is 5. The highest BCUT2D eigenvalue weighted by atomic mass is 79.9. The number of alkyl halides is 1. The van der Waals surface area contributed by atoms with E-state index < -0.39 is 0 Å². The number of phenols is 2. The second-order valence-corrected chi connectivity index (χ2v) is 41.4. The Hall–Kier alpha value is -11.1. The maximum atomic E-state index is 9.81. The Morgan fingerprint density at radius 3 is 0.597 bits per heavy atom. The van der Waals surface area contributed by atoms with Crippen LogP contribution in [-0.4, -0.2) is 48.6 Å². The van der Waals surface area contributed by atoms with Crippen LogP contribution in [0.2, 0.25) is 0 Å². The van der Waals surface area contributed by atoms with Crippen LogP contribution in [0.15, 0.2) is 305 Å². The average Bonchev–Trinajstić information content (AvgIpc) is 1.56. The summed E-state index contributed by atoms with van der Waals surface area (Å²) >= 11 is 3.42. The summed E-state index contributed by atoms with van der Waals surface area (Å²) in [6, 6.07) is 98.1. The molecule has 0 atom stereocenters. The van der Waals surface area contributed by atoms with Crippen LogP contribution in [-0.2, 0) is 25.0 Å². The van der Waals surface area contributed by atoms with E-state index in [2.05, 4.69) is 282 Å². The zero-order chi connectivity index (χ0) is 101. The van der Waals surface area contributed by atoms with Crippen LogP contribution in [0.5, 0.6) is 23.0 Å². The van der Waals surface area contributed by atoms with Gasteiger partial charge < -0.3 is 33.9 Å². The fraction of sp³-hybridized carbons (Fsp3) is 0.426. The van der Waals surface area contributed by atoms with Crippen molar-refractivity contribution in [1.82, 2.24) is 0 Å². The highest BCUT2D eigenvalue weighted by Crippen LogP contribution is 2.58. The molecule has 0 saturated carbocycles. The van der Waals surface area contributed by atoms with E-state index in [4.69, 9.17) is 23.7 Å². The molecule has 12 aromatic rings. The summed E-state index contributed by atoms with van der Waals surface area (Å²) in [6.07, 6.45) is 62.6. The summed E-state index contributed by atoms with van der Waals surface area (Å²) in [6.45, 7) is 23.9. The van der Waals surface area contributed by atoms with Crippen molar-refractivity contribution in [2.24, 2.45) is 0 Å². The van der Waals surface area contributed by atoms with Gasteiger partial charge in [-0.3, -0.25) is 0 Å². The van der Waals surface area contributed by atoms with Crippen molar-refractivity contribution in [3.05, 3.63) is 328 Å². The first kappa shape index (κ1) is 112. The molecule has 2 aliphatic carbocycles. The smallest absolute Gasteiger partial charge is 0.119 e. The van der Waals surface area contributed by atoms with E-state index in [1.165, 1.54) is 389 Å². The number of phenolic OH excluding ortho intramolecular Hbond substituents is 2. The van der Waals surface area contributed by atoms with Crippen molar-refractivity contribution in [3.8, 4) is 134 Å². The zero-order valence-corrected chi connectivity index (χ0v) is 89.9. The summed E-state index contributed by atoms with van der Waals surface area (Å²) in [4.78, 5) is 0. The molecule has 14 rings (SSSR count). The molecule has 764 valence electrons. The molecule has 2 N–H and O–H groups in total. The third kappa shape index (κ3) is 34.3. The first-order valence-electron chi connectivity index (χ1n) is 56.3. The largest absolute Gasteiger partial charge is 0.508 e. The first-order valence-corrected chi connectivity index (χ1v) is 57.4. The van der Waals surface area contributed by atoms with Crippen LogP contribution in [0.25, 0.3) is 111 Å². The molecule has 0 saturated heterocycles. The van der Waals surface area contributed by atoms with Gasteiger partial charge >= 0.3 is 0 Å². The first-order chi connectivity index (χ1) is 71.0. The molecular weight excluding hydrogens is 1830 g/mol. The van der Waals surface area contributed by atoms with Crippen molar-refractivity contribution < 1.29 is 33.9 Å². The molecule has 0 aromatic heterocycles. The zero-order valence-electron chi connectivity index (χ0n) is 88.3. The van der Waals surface area contributed by atoms with E-state index in [1.807, 2.05) is 24.3 Å². The topological polar surface area (TPSA) is 86.6 Å². The van der Waals surface area contributed by atoms with E-state index >= 15 is 0 Å². The maximum Gasteiger partial charge on any atom is 0.119 e. The fourth-order valence-corrected chi connectivity index (χ4v) is 22.1. The summed E-state index contributed by atoms with van der Waals surface area (Å²) in [5.41, 5.74) is 31.4. The number of halogens is 1. The third-order valence-corrected chi connectivity index (χ3v) is 30.6.